The summed E-state index contributed by atoms with van der Waals surface area (Å²) in [6, 6.07) is 14.0. The highest BCUT2D eigenvalue weighted by molar-refractivity contribution is 7.22. The topological polar surface area (TPSA) is 9.23 Å². The zero-order chi connectivity index (χ0) is 23.4. The standard InChI is InChI=1S/C26H27Cl3OP2/c1-4-19(26(32)30-5-2)24(20-7-6-8-21(28)25(20)29)23-15(3)13-17(14-22(23)31)16-9-11-18(27)12-10-16/h4,6-12,17,24,31-32H,5,13-14H2,1-3H3/b19-4+. The highest BCUT2D eigenvalue weighted by Crippen LogP contribution is 2.46. The summed E-state index contributed by atoms with van der Waals surface area (Å²) in [5.41, 5.74) is 6.49. The van der Waals surface area contributed by atoms with Crippen LogP contribution in [-0.4, -0.2) is 17.4 Å². The Balaban J connectivity index is 2.12. The van der Waals surface area contributed by atoms with Crippen LogP contribution in [-0.2, 0) is 4.74 Å². The van der Waals surface area contributed by atoms with Crippen LogP contribution in [0, 0.1) is 0 Å². The summed E-state index contributed by atoms with van der Waals surface area (Å²) in [4.78, 5) is 0. The van der Waals surface area contributed by atoms with Crippen molar-refractivity contribution in [3.8, 4) is 0 Å². The maximum Gasteiger partial charge on any atom is 0.0977 e. The molecule has 0 saturated heterocycles. The summed E-state index contributed by atoms with van der Waals surface area (Å²) in [7, 11) is 7.72. The summed E-state index contributed by atoms with van der Waals surface area (Å²) >= 11 is 19.3. The lowest BCUT2D eigenvalue weighted by molar-refractivity contribution is 0.335. The van der Waals surface area contributed by atoms with Crippen molar-refractivity contribution in [2.45, 2.75) is 45.4 Å². The quantitative estimate of drug-likeness (QED) is 0.329. The second kappa shape index (κ2) is 11.5. The van der Waals surface area contributed by atoms with E-state index in [1.54, 1.807) is 0 Å². The Hall–Kier alpha value is -0.910. The fraction of sp³-hybridized carbons (Fsp3) is 0.308. The Morgan fingerprint density at radius 2 is 1.81 bits per heavy atom. The van der Waals surface area contributed by atoms with Crippen molar-refractivity contribution in [2.24, 2.45) is 0 Å². The normalized spacial score (nSPS) is 18.1. The number of halogens is 3. The summed E-state index contributed by atoms with van der Waals surface area (Å²) in [5, 5.41) is 3.02. The minimum Gasteiger partial charge on any atom is -0.342 e. The van der Waals surface area contributed by atoms with Crippen molar-refractivity contribution in [2.75, 3.05) is 6.61 Å². The smallest absolute Gasteiger partial charge is 0.0977 e. The average Bonchev–Trinajstić information content (AvgIpc) is 2.75. The van der Waals surface area contributed by atoms with Gasteiger partial charge in [-0.25, -0.2) is 0 Å². The minimum absolute atomic E-state index is 0.121. The first-order chi connectivity index (χ1) is 15.3. The van der Waals surface area contributed by atoms with Gasteiger partial charge in [0, 0.05) is 10.9 Å². The van der Waals surface area contributed by atoms with Gasteiger partial charge in [0.1, 0.15) is 0 Å². The highest BCUT2D eigenvalue weighted by atomic mass is 35.5. The molecule has 0 saturated carbocycles. The molecule has 2 aromatic rings. The monoisotopic (exact) mass is 522 g/mol. The van der Waals surface area contributed by atoms with Gasteiger partial charge in [-0.2, -0.15) is 0 Å². The molecular weight excluding hydrogens is 497 g/mol. The van der Waals surface area contributed by atoms with Crippen molar-refractivity contribution < 1.29 is 4.74 Å². The molecule has 0 aliphatic heterocycles. The summed E-state index contributed by atoms with van der Waals surface area (Å²) < 4.78 is 5.86. The first-order valence-corrected chi connectivity index (χ1v) is 12.8. The van der Waals surface area contributed by atoms with Crippen molar-refractivity contribution in [3.05, 3.63) is 91.5 Å². The number of allylic oxidation sites excluding steroid dienone is 3. The van der Waals surface area contributed by atoms with Crippen LogP contribution >= 0.6 is 52.5 Å². The molecule has 1 aliphatic rings. The van der Waals surface area contributed by atoms with Gasteiger partial charge in [-0.15, -0.1) is 8.86 Å². The van der Waals surface area contributed by atoms with E-state index >= 15 is 0 Å². The zero-order valence-corrected chi connectivity index (χ0v) is 22.7. The molecule has 2 atom stereocenters. The molecular formula is C26H27Cl3OP2. The fourth-order valence-corrected chi connectivity index (χ4v) is 6.02. The van der Waals surface area contributed by atoms with E-state index in [1.807, 2.05) is 44.2 Å². The molecule has 2 aromatic carbocycles. The summed E-state index contributed by atoms with van der Waals surface area (Å²) in [5.74, 6) is 0.260. The van der Waals surface area contributed by atoms with Crippen LogP contribution in [0.25, 0.3) is 0 Å². The Kier molecular flexibility index (Phi) is 9.23. The van der Waals surface area contributed by atoms with Gasteiger partial charge in [0.15, 0.2) is 0 Å². The van der Waals surface area contributed by atoms with E-state index in [4.69, 9.17) is 39.5 Å². The van der Waals surface area contributed by atoms with E-state index in [-0.39, 0.29) is 5.92 Å². The maximum absolute atomic E-state index is 6.74. The Labute approximate surface area is 210 Å². The molecule has 0 radical (unpaired) electrons. The molecule has 32 heavy (non-hydrogen) atoms. The van der Waals surface area contributed by atoms with E-state index in [0.717, 1.165) is 34.3 Å². The molecule has 2 unspecified atom stereocenters. The molecule has 0 bridgehead atoms. The molecule has 0 spiro atoms. The number of ether oxygens (including phenoxy) is 1. The SMILES string of the molecule is C/C=C(/C(=P)OCC)C(C1=C(C)CC(c2ccc(Cl)cc2)CC1=P)c1cccc(Cl)c1Cl. The zero-order valence-electron chi connectivity index (χ0n) is 18.4. The van der Waals surface area contributed by atoms with Crippen LogP contribution in [0.1, 0.15) is 56.6 Å². The van der Waals surface area contributed by atoms with Crippen LogP contribution < -0.4 is 0 Å². The predicted octanol–water partition coefficient (Wildman–Crippen LogP) is 9.20. The van der Waals surface area contributed by atoms with Crippen LogP contribution in [0.4, 0.5) is 0 Å². The molecule has 0 fully saturated rings. The third kappa shape index (κ3) is 5.59. The van der Waals surface area contributed by atoms with E-state index in [1.165, 1.54) is 16.7 Å². The average molecular weight is 524 g/mol. The molecule has 1 aliphatic carbocycles. The van der Waals surface area contributed by atoms with Gasteiger partial charge in [0.2, 0.25) is 0 Å². The minimum atomic E-state index is -0.121. The third-order valence-electron chi connectivity index (χ3n) is 5.88. The molecule has 1 nitrogen and oxygen atoms in total. The molecule has 168 valence electrons. The maximum atomic E-state index is 6.74. The number of benzene rings is 2. The van der Waals surface area contributed by atoms with Crippen LogP contribution in [0.15, 0.2) is 65.3 Å². The Morgan fingerprint density at radius 3 is 2.41 bits per heavy atom. The van der Waals surface area contributed by atoms with Gasteiger partial charge in [0.25, 0.3) is 0 Å². The van der Waals surface area contributed by atoms with E-state index in [2.05, 4.69) is 42.9 Å². The summed E-state index contributed by atoms with van der Waals surface area (Å²) in [6.45, 7) is 6.75. The Bertz CT molecular complexity index is 1090. The lowest BCUT2D eigenvalue weighted by Crippen LogP contribution is -2.24. The van der Waals surface area contributed by atoms with E-state index in [9.17, 15) is 0 Å². The number of hydrogen-bond acceptors (Lipinski definition) is 1. The van der Waals surface area contributed by atoms with Crippen LogP contribution in [0.2, 0.25) is 15.1 Å². The van der Waals surface area contributed by atoms with Crippen LogP contribution in [0.5, 0.6) is 0 Å². The first-order valence-electron chi connectivity index (χ1n) is 10.6. The lowest BCUT2D eigenvalue weighted by atomic mass is 9.73. The van der Waals surface area contributed by atoms with Crippen molar-refractivity contribution in [3.63, 3.8) is 0 Å². The molecule has 0 heterocycles. The summed E-state index contributed by atoms with van der Waals surface area (Å²) in [6.07, 6.45) is 3.91. The fourth-order valence-electron chi connectivity index (χ4n) is 4.44. The second-order valence-electron chi connectivity index (χ2n) is 7.91. The van der Waals surface area contributed by atoms with Crippen molar-refractivity contribution >= 4 is 63.3 Å². The second-order valence-corrected chi connectivity index (χ2v) is 10.2. The molecule has 0 aromatic heterocycles. The number of hydrogen-bond donors (Lipinski definition) is 0. The largest absolute Gasteiger partial charge is 0.342 e. The number of rotatable bonds is 7. The first kappa shape index (κ1) is 25.7. The predicted molar refractivity (Wildman–Crippen MR) is 147 cm³/mol. The van der Waals surface area contributed by atoms with Gasteiger partial charge in [-0.3, -0.25) is 0 Å². The van der Waals surface area contributed by atoms with Gasteiger partial charge in [-0.05, 0) is 85.3 Å². The van der Waals surface area contributed by atoms with Gasteiger partial charge in [-0.1, -0.05) is 79.6 Å². The third-order valence-corrected chi connectivity index (χ3v) is 7.88. The van der Waals surface area contributed by atoms with Gasteiger partial charge >= 0.3 is 0 Å². The van der Waals surface area contributed by atoms with E-state index < -0.39 is 0 Å². The van der Waals surface area contributed by atoms with Crippen molar-refractivity contribution in [1.82, 2.24) is 0 Å². The lowest BCUT2D eigenvalue weighted by Gasteiger charge is -2.34. The van der Waals surface area contributed by atoms with Gasteiger partial charge < -0.3 is 4.74 Å². The molecule has 0 amide bonds. The van der Waals surface area contributed by atoms with E-state index in [0.29, 0.717) is 28.0 Å². The Morgan fingerprint density at radius 1 is 1.12 bits per heavy atom. The molecule has 3 rings (SSSR count). The molecule has 0 N–H and O–H groups in total. The van der Waals surface area contributed by atoms with Crippen LogP contribution in [0.3, 0.4) is 0 Å². The van der Waals surface area contributed by atoms with Crippen molar-refractivity contribution in [1.29, 1.82) is 0 Å². The van der Waals surface area contributed by atoms with Gasteiger partial charge in [0.05, 0.1) is 22.1 Å². The highest BCUT2D eigenvalue weighted by Gasteiger charge is 2.33. The molecule has 6 heteroatoms.